The van der Waals surface area contributed by atoms with E-state index < -0.39 is 36.5 Å². The Hall–Kier alpha value is -2.69. The molecule has 0 aliphatic carbocycles. The molecule has 0 heterocycles. The zero-order valence-electron chi connectivity index (χ0n) is 15.2. The smallest absolute Gasteiger partial charge is 0.436 e. The summed E-state index contributed by atoms with van der Waals surface area (Å²) in [5.74, 6) is -4.13. The van der Waals surface area contributed by atoms with Crippen molar-refractivity contribution in [2.75, 3.05) is 13.2 Å². The average Bonchev–Trinajstić information content (AvgIpc) is 2.61. The van der Waals surface area contributed by atoms with E-state index in [9.17, 15) is 19.2 Å². The van der Waals surface area contributed by atoms with E-state index in [1.54, 1.807) is 18.2 Å². The lowest BCUT2D eigenvalue weighted by Gasteiger charge is -2.11. The van der Waals surface area contributed by atoms with Crippen molar-refractivity contribution in [3.8, 4) is 0 Å². The lowest BCUT2D eigenvalue weighted by atomic mass is 10.0. The maximum Gasteiger partial charge on any atom is 0.436 e. The summed E-state index contributed by atoms with van der Waals surface area (Å²) in [6, 6.07) is 4.73. The fraction of sp³-hybridized carbons (Fsp3) is 0.353. The molecule has 0 aliphatic rings. The van der Waals surface area contributed by atoms with Gasteiger partial charge in [-0.15, -0.1) is 4.99 Å². The molecule has 6 N–H and O–H groups in total. The first-order chi connectivity index (χ1) is 13.6. The molecule has 0 spiro atoms. The quantitative estimate of drug-likeness (QED) is 0.322. The summed E-state index contributed by atoms with van der Waals surface area (Å²) in [7, 11) is 0. The minimum absolute atomic E-state index is 0.0182. The number of amides is 2. The molecule has 2 amide bonds. The molecule has 158 valence electrons. The van der Waals surface area contributed by atoms with Gasteiger partial charge in [-0.05, 0) is 24.2 Å². The summed E-state index contributed by atoms with van der Waals surface area (Å²) in [4.78, 5) is 49.6. The average molecular weight is 447 g/mol. The molecular weight excluding hydrogens is 427 g/mol. The molecule has 0 saturated heterocycles. The Labute approximate surface area is 176 Å². The molecule has 0 saturated carbocycles. The fourth-order valence-corrected chi connectivity index (χ4v) is 2.67. The van der Waals surface area contributed by atoms with Gasteiger partial charge in [-0.1, -0.05) is 29.3 Å². The molecule has 0 bridgehead atoms. The number of nitrogens with one attached hydrogen (secondary N) is 1. The van der Waals surface area contributed by atoms with Crippen molar-refractivity contribution in [1.29, 1.82) is 0 Å². The lowest BCUT2D eigenvalue weighted by molar-refractivity contribution is -0.145. The number of carbonyl (C=O) groups excluding carboxylic acids is 3. The van der Waals surface area contributed by atoms with Crippen LogP contribution in [-0.4, -0.2) is 48.0 Å². The van der Waals surface area contributed by atoms with Crippen LogP contribution >= 0.6 is 23.2 Å². The van der Waals surface area contributed by atoms with Gasteiger partial charge in [0, 0.05) is 22.9 Å². The molecule has 0 radical (unpaired) electrons. The van der Waals surface area contributed by atoms with Gasteiger partial charge in [0.05, 0.1) is 12.3 Å². The second kappa shape index (κ2) is 12.0. The second-order valence-electron chi connectivity index (χ2n) is 5.82. The third-order valence-corrected chi connectivity index (χ3v) is 4.24. The normalized spacial score (nSPS) is 12.2. The molecular formula is C17H20Cl2N4O6. The van der Waals surface area contributed by atoms with Crippen molar-refractivity contribution in [1.82, 2.24) is 5.32 Å². The van der Waals surface area contributed by atoms with Gasteiger partial charge in [-0.3, -0.25) is 19.7 Å². The number of nitrogens with zero attached hydrogens (tertiary/aromatic N) is 1. The highest BCUT2D eigenvalue weighted by Crippen LogP contribution is 2.24. The van der Waals surface area contributed by atoms with Gasteiger partial charge in [0.15, 0.2) is 0 Å². The summed E-state index contributed by atoms with van der Waals surface area (Å²) in [6.45, 7) is -0.505. The number of aliphatic imine (C=N–C) groups is 1. The predicted octanol–water partition coefficient (Wildman–Crippen LogP) is 1.11. The van der Waals surface area contributed by atoms with Crippen LogP contribution in [0.15, 0.2) is 23.2 Å². The standard InChI is InChI=1S/C17H20Cl2N4O6/c18-12-2-1-3-13(19)11(12)7-14(25)22-16(21)23-17(28)29-8-9(15(26)27)6-10(24)4-5-20/h1-3,9H,4-8,20H2,(H,26,27)(H3,21,22,23,25,28)/t9-/m0/s1. The summed E-state index contributed by atoms with van der Waals surface area (Å²) in [5.41, 5.74) is 11.1. The highest BCUT2D eigenvalue weighted by Gasteiger charge is 2.23. The van der Waals surface area contributed by atoms with Crippen molar-refractivity contribution in [3.63, 3.8) is 0 Å². The first-order valence-corrected chi connectivity index (χ1v) is 9.07. The number of ether oxygens (including phenoxy) is 1. The van der Waals surface area contributed by atoms with Crippen molar-refractivity contribution in [2.24, 2.45) is 22.4 Å². The largest absolute Gasteiger partial charge is 0.481 e. The highest BCUT2D eigenvalue weighted by atomic mass is 35.5. The molecule has 0 unspecified atom stereocenters. The molecule has 1 rings (SSSR count). The number of halogens is 2. The van der Waals surface area contributed by atoms with E-state index in [0.29, 0.717) is 5.56 Å². The molecule has 0 aromatic heterocycles. The van der Waals surface area contributed by atoms with E-state index in [1.165, 1.54) is 0 Å². The van der Waals surface area contributed by atoms with Gasteiger partial charge in [0.2, 0.25) is 11.9 Å². The Kier molecular flexibility index (Phi) is 10.1. The minimum atomic E-state index is -1.31. The summed E-state index contributed by atoms with van der Waals surface area (Å²) in [5, 5.41) is 11.8. The number of Topliss-reactive ketones (excluding diaryl/α,β-unsaturated/α-hetero) is 1. The van der Waals surface area contributed by atoms with Gasteiger partial charge in [-0.2, -0.15) is 0 Å². The Morgan fingerprint density at radius 1 is 1.21 bits per heavy atom. The zero-order chi connectivity index (χ0) is 22.0. The van der Waals surface area contributed by atoms with Crippen molar-refractivity contribution < 1.29 is 29.0 Å². The number of hydrogen-bond donors (Lipinski definition) is 4. The van der Waals surface area contributed by atoms with Crippen LogP contribution in [0.25, 0.3) is 0 Å². The van der Waals surface area contributed by atoms with Gasteiger partial charge in [-0.25, -0.2) is 4.79 Å². The van der Waals surface area contributed by atoms with Gasteiger partial charge >= 0.3 is 12.1 Å². The second-order valence-corrected chi connectivity index (χ2v) is 6.63. The number of nitrogens with two attached hydrogens (primary N) is 2. The molecule has 1 atom stereocenters. The topological polar surface area (TPSA) is 174 Å². The molecule has 29 heavy (non-hydrogen) atoms. The number of carboxylic acids is 1. The zero-order valence-corrected chi connectivity index (χ0v) is 16.7. The third-order valence-electron chi connectivity index (χ3n) is 3.53. The number of guanidine groups is 1. The van der Waals surface area contributed by atoms with Crippen molar-refractivity contribution >= 4 is 52.9 Å². The Morgan fingerprint density at radius 3 is 2.38 bits per heavy atom. The fourth-order valence-electron chi connectivity index (χ4n) is 2.13. The molecule has 1 aromatic rings. The maximum atomic E-state index is 12.0. The Morgan fingerprint density at radius 2 is 1.83 bits per heavy atom. The van der Waals surface area contributed by atoms with Gasteiger partial charge in [0.25, 0.3) is 0 Å². The number of rotatable bonds is 9. The van der Waals surface area contributed by atoms with Gasteiger partial charge in [0.1, 0.15) is 12.4 Å². The highest BCUT2D eigenvalue weighted by molar-refractivity contribution is 6.36. The van der Waals surface area contributed by atoms with Crippen molar-refractivity contribution in [3.05, 3.63) is 33.8 Å². The number of ketones is 1. The third kappa shape index (κ3) is 8.90. The number of carbonyl (C=O) groups is 4. The van der Waals surface area contributed by atoms with Crippen LogP contribution in [0.5, 0.6) is 0 Å². The van der Waals surface area contributed by atoms with E-state index in [4.69, 9.17) is 39.8 Å². The molecule has 0 aliphatic heterocycles. The number of carboxylic acid groups (broad SMARTS) is 1. The van der Waals surface area contributed by atoms with E-state index in [1.807, 2.05) is 0 Å². The van der Waals surface area contributed by atoms with E-state index in [0.717, 1.165) is 0 Å². The predicted molar refractivity (Wildman–Crippen MR) is 106 cm³/mol. The monoisotopic (exact) mass is 446 g/mol. The molecule has 1 aromatic carbocycles. The minimum Gasteiger partial charge on any atom is -0.481 e. The maximum absolute atomic E-state index is 12.0. The lowest BCUT2D eigenvalue weighted by Crippen LogP contribution is -2.38. The first kappa shape index (κ1) is 24.3. The Bertz CT molecular complexity index is 795. The summed E-state index contributed by atoms with van der Waals surface area (Å²) in [6.07, 6.45) is -1.76. The molecule has 12 heteroatoms. The van der Waals surface area contributed by atoms with Crippen LogP contribution in [0.2, 0.25) is 10.0 Å². The number of aliphatic carboxylic acids is 1. The molecule has 0 fully saturated rings. The summed E-state index contributed by atoms with van der Waals surface area (Å²) < 4.78 is 4.69. The molecule has 10 nitrogen and oxygen atoms in total. The number of benzene rings is 1. The first-order valence-electron chi connectivity index (χ1n) is 8.32. The van der Waals surface area contributed by atoms with Crippen LogP contribution in [0.3, 0.4) is 0 Å². The number of hydrogen-bond acceptors (Lipinski definition) is 6. The Balaban J connectivity index is 2.58. The van der Waals surface area contributed by atoms with E-state index in [-0.39, 0.29) is 41.6 Å². The van der Waals surface area contributed by atoms with Gasteiger partial charge < -0.3 is 21.3 Å². The van der Waals surface area contributed by atoms with Crippen LogP contribution in [0.1, 0.15) is 18.4 Å². The van der Waals surface area contributed by atoms with Crippen LogP contribution in [0, 0.1) is 5.92 Å². The SMILES string of the molecule is NCCC(=O)C[C@@H](COC(=O)N=C(N)NC(=O)Cc1c(Cl)cccc1Cl)C(=O)O. The van der Waals surface area contributed by atoms with Crippen molar-refractivity contribution in [2.45, 2.75) is 19.3 Å². The van der Waals surface area contributed by atoms with E-state index >= 15 is 0 Å². The van der Waals surface area contributed by atoms with E-state index in [2.05, 4.69) is 15.0 Å². The summed E-state index contributed by atoms with van der Waals surface area (Å²) >= 11 is 11.9. The van der Waals surface area contributed by atoms with Crippen LogP contribution < -0.4 is 16.8 Å². The van der Waals surface area contributed by atoms with Crippen LogP contribution in [0.4, 0.5) is 4.79 Å². The van der Waals surface area contributed by atoms with Crippen LogP contribution in [-0.2, 0) is 25.5 Å².